The van der Waals surface area contributed by atoms with Gasteiger partial charge in [-0.25, -0.2) is 4.39 Å². The van der Waals surface area contributed by atoms with Crippen LogP contribution in [0.25, 0.3) is 0 Å². The second-order valence-corrected chi connectivity index (χ2v) is 7.54. The highest BCUT2D eigenvalue weighted by Gasteiger charge is 2.44. The first-order chi connectivity index (χ1) is 13.4. The fraction of sp³-hybridized carbons (Fsp3) is 0.333. The number of Topliss-reactive ketones (excluding diaryl/α,β-unsaturated/α-hetero) is 1. The Bertz CT molecular complexity index is 933. The Kier molecular flexibility index (Phi) is 4.75. The van der Waals surface area contributed by atoms with Gasteiger partial charge in [-0.2, -0.15) is 0 Å². The fourth-order valence-corrected chi connectivity index (χ4v) is 4.10. The summed E-state index contributed by atoms with van der Waals surface area (Å²) in [6, 6.07) is 9.34. The van der Waals surface area contributed by atoms with Crippen molar-refractivity contribution in [2.24, 2.45) is 0 Å². The summed E-state index contributed by atoms with van der Waals surface area (Å²) in [5.41, 5.74) is -0.231. The van der Waals surface area contributed by atoms with Crippen molar-refractivity contribution in [2.75, 3.05) is 20.2 Å². The molecule has 0 aliphatic carbocycles. The number of carbonyl (C=O) groups excluding carboxylic acids is 2. The average Bonchev–Trinajstić information content (AvgIpc) is 2.67. The largest absolute Gasteiger partial charge is 0.497 e. The Labute approximate surface area is 167 Å². The highest BCUT2D eigenvalue weighted by Crippen LogP contribution is 2.41. The molecule has 28 heavy (non-hydrogen) atoms. The van der Waals surface area contributed by atoms with Crippen LogP contribution in [0.4, 0.5) is 4.39 Å². The smallest absolute Gasteiger partial charge is 0.258 e. The van der Waals surface area contributed by atoms with Gasteiger partial charge in [0, 0.05) is 32.0 Å². The molecule has 4 rings (SSSR count). The van der Waals surface area contributed by atoms with Gasteiger partial charge in [-0.05, 0) is 24.3 Å². The molecule has 2 heterocycles. The molecule has 2 aromatic rings. The van der Waals surface area contributed by atoms with E-state index in [0.29, 0.717) is 43.0 Å². The summed E-state index contributed by atoms with van der Waals surface area (Å²) in [4.78, 5) is 26.9. The second-order valence-electron chi connectivity index (χ2n) is 7.14. The van der Waals surface area contributed by atoms with Crippen molar-refractivity contribution in [3.8, 4) is 11.5 Å². The van der Waals surface area contributed by atoms with Crippen LogP contribution in [0.2, 0.25) is 5.02 Å². The molecule has 1 saturated heterocycles. The maximum absolute atomic E-state index is 14.1. The summed E-state index contributed by atoms with van der Waals surface area (Å²) in [6.45, 7) is 0.714. The first kappa shape index (κ1) is 18.7. The molecule has 0 radical (unpaired) electrons. The van der Waals surface area contributed by atoms with Gasteiger partial charge in [0.1, 0.15) is 22.9 Å². The number of carbonyl (C=O) groups is 2. The van der Waals surface area contributed by atoms with E-state index in [1.165, 1.54) is 18.2 Å². The SMILES string of the molecule is COc1ccc2c(c1)OC1(CCN(C(=O)c3c(F)cccc3Cl)CC1)CC2=O. The molecule has 2 aromatic carbocycles. The van der Waals surface area contributed by atoms with Gasteiger partial charge in [-0.15, -0.1) is 0 Å². The maximum atomic E-state index is 14.1. The fourth-order valence-electron chi connectivity index (χ4n) is 3.86. The van der Waals surface area contributed by atoms with Crippen LogP contribution < -0.4 is 9.47 Å². The van der Waals surface area contributed by atoms with Gasteiger partial charge < -0.3 is 14.4 Å². The van der Waals surface area contributed by atoms with Crippen molar-refractivity contribution < 1.29 is 23.5 Å². The highest BCUT2D eigenvalue weighted by molar-refractivity contribution is 6.33. The van der Waals surface area contributed by atoms with Crippen molar-refractivity contribution >= 4 is 23.3 Å². The van der Waals surface area contributed by atoms with Crippen molar-refractivity contribution in [1.82, 2.24) is 4.90 Å². The summed E-state index contributed by atoms with van der Waals surface area (Å²) >= 11 is 6.02. The zero-order valence-corrected chi connectivity index (χ0v) is 16.1. The summed E-state index contributed by atoms with van der Waals surface area (Å²) in [5.74, 6) is 0.0591. The number of hydrogen-bond donors (Lipinski definition) is 0. The van der Waals surface area contributed by atoms with Crippen LogP contribution in [0.1, 0.15) is 40.0 Å². The van der Waals surface area contributed by atoms with Crippen LogP contribution in [0, 0.1) is 5.82 Å². The number of hydrogen-bond acceptors (Lipinski definition) is 4. The zero-order chi connectivity index (χ0) is 19.9. The molecule has 0 N–H and O–H groups in total. The molecule has 5 nitrogen and oxygen atoms in total. The number of ether oxygens (including phenoxy) is 2. The van der Waals surface area contributed by atoms with E-state index in [4.69, 9.17) is 21.1 Å². The van der Waals surface area contributed by atoms with Crippen LogP contribution in [0.15, 0.2) is 36.4 Å². The number of methoxy groups -OCH3 is 1. The van der Waals surface area contributed by atoms with E-state index >= 15 is 0 Å². The molecule has 0 atom stereocenters. The van der Waals surface area contributed by atoms with E-state index in [1.807, 2.05) is 0 Å². The van der Waals surface area contributed by atoms with Crippen LogP contribution in [-0.4, -0.2) is 42.4 Å². The summed E-state index contributed by atoms with van der Waals surface area (Å²) in [6.07, 6.45) is 1.22. The third kappa shape index (κ3) is 3.22. The normalized spacial score (nSPS) is 17.8. The number of piperidine rings is 1. The van der Waals surface area contributed by atoms with Gasteiger partial charge in [0.05, 0.1) is 29.7 Å². The number of halogens is 2. The van der Waals surface area contributed by atoms with Crippen molar-refractivity contribution in [3.05, 3.63) is 58.4 Å². The number of likely N-dealkylation sites (tertiary alicyclic amines) is 1. The predicted octanol–water partition coefficient (Wildman–Crippen LogP) is 4.13. The molecule has 0 unspecified atom stereocenters. The molecule has 1 spiro atoms. The minimum atomic E-state index is -0.660. The number of nitrogens with zero attached hydrogens (tertiary/aromatic N) is 1. The quantitative estimate of drug-likeness (QED) is 0.756. The van der Waals surface area contributed by atoms with Gasteiger partial charge in [-0.1, -0.05) is 17.7 Å². The Morgan fingerprint density at radius 1 is 1.25 bits per heavy atom. The zero-order valence-electron chi connectivity index (χ0n) is 15.3. The van der Waals surface area contributed by atoms with Crippen molar-refractivity contribution in [2.45, 2.75) is 24.9 Å². The Balaban J connectivity index is 1.52. The van der Waals surface area contributed by atoms with E-state index in [1.54, 1.807) is 30.2 Å². The lowest BCUT2D eigenvalue weighted by atomic mass is 9.82. The predicted molar refractivity (Wildman–Crippen MR) is 102 cm³/mol. The summed E-state index contributed by atoms with van der Waals surface area (Å²) in [7, 11) is 1.56. The molecule has 0 saturated carbocycles. The maximum Gasteiger partial charge on any atom is 0.258 e. The number of amides is 1. The number of fused-ring (bicyclic) bond motifs is 1. The van der Waals surface area contributed by atoms with Crippen molar-refractivity contribution in [1.29, 1.82) is 0 Å². The Morgan fingerprint density at radius 3 is 2.68 bits per heavy atom. The van der Waals surface area contributed by atoms with E-state index in [-0.39, 0.29) is 22.8 Å². The molecule has 2 aliphatic heterocycles. The van der Waals surface area contributed by atoms with E-state index in [2.05, 4.69) is 0 Å². The molecule has 1 fully saturated rings. The number of rotatable bonds is 2. The van der Waals surface area contributed by atoms with Crippen molar-refractivity contribution in [3.63, 3.8) is 0 Å². The first-order valence-electron chi connectivity index (χ1n) is 9.06. The topological polar surface area (TPSA) is 55.8 Å². The van der Waals surface area contributed by atoms with E-state index in [0.717, 1.165) is 0 Å². The van der Waals surface area contributed by atoms with Crippen LogP contribution in [0.3, 0.4) is 0 Å². The molecule has 0 aromatic heterocycles. The van der Waals surface area contributed by atoms with Crippen LogP contribution >= 0.6 is 11.6 Å². The summed E-state index contributed by atoms with van der Waals surface area (Å²) in [5, 5.41) is 0.0930. The molecular weight excluding hydrogens is 385 g/mol. The number of benzene rings is 2. The average molecular weight is 404 g/mol. The molecular formula is C21H19ClFNO4. The van der Waals surface area contributed by atoms with E-state index in [9.17, 15) is 14.0 Å². The van der Waals surface area contributed by atoms with Gasteiger partial charge in [0.25, 0.3) is 5.91 Å². The number of ketones is 1. The lowest BCUT2D eigenvalue weighted by Gasteiger charge is -2.44. The highest BCUT2D eigenvalue weighted by atomic mass is 35.5. The van der Waals surface area contributed by atoms with E-state index < -0.39 is 17.3 Å². The van der Waals surface area contributed by atoms with Gasteiger partial charge in [-0.3, -0.25) is 9.59 Å². The summed E-state index contributed by atoms with van der Waals surface area (Å²) < 4.78 is 25.5. The van der Waals surface area contributed by atoms with Gasteiger partial charge in [0.15, 0.2) is 5.78 Å². The molecule has 2 aliphatic rings. The van der Waals surface area contributed by atoms with Gasteiger partial charge >= 0.3 is 0 Å². The standard InChI is InChI=1S/C21H19ClFNO4/c1-27-13-5-6-14-17(25)12-21(28-18(14)11-13)7-9-24(10-8-21)20(26)19-15(22)3-2-4-16(19)23/h2-6,11H,7-10,12H2,1H3. The molecule has 7 heteroatoms. The van der Waals surface area contributed by atoms with Crippen LogP contribution in [0.5, 0.6) is 11.5 Å². The minimum absolute atomic E-state index is 0.0147. The van der Waals surface area contributed by atoms with Crippen LogP contribution in [-0.2, 0) is 0 Å². The Morgan fingerprint density at radius 2 is 2.00 bits per heavy atom. The third-order valence-electron chi connectivity index (χ3n) is 5.44. The molecule has 146 valence electrons. The second kappa shape index (κ2) is 7.09. The third-order valence-corrected chi connectivity index (χ3v) is 5.75. The molecule has 0 bridgehead atoms. The molecule has 1 amide bonds. The first-order valence-corrected chi connectivity index (χ1v) is 9.44. The minimum Gasteiger partial charge on any atom is -0.497 e. The Hall–Kier alpha value is -2.60. The lowest BCUT2D eigenvalue weighted by molar-refractivity contribution is -0.00589. The monoisotopic (exact) mass is 403 g/mol. The van der Waals surface area contributed by atoms with Gasteiger partial charge in [0.2, 0.25) is 0 Å². The lowest BCUT2D eigenvalue weighted by Crippen LogP contribution is -2.52.